The van der Waals surface area contributed by atoms with Gasteiger partial charge in [-0.15, -0.1) is 0 Å². The van der Waals surface area contributed by atoms with E-state index in [0.717, 1.165) is 63.8 Å². The minimum absolute atomic E-state index is 0. The first-order valence-corrected chi connectivity index (χ1v) is 27.1. The predicted molar refractivity (Wildman–Crippen MR) is 301 cm³/mol. The van der Waals surface area contributed by atoms with Gasteiger partial charge in [0.2, 0.25) is 11.1 Å². The van der Waals surface area contributed by atoms with Gasteiger partial charge in [0.1, 0.15) is 5.60 Å². The third kappa shape index (κ3) is 9.45. The summed E-state index contributed by atoms with van der Waals surface area (Å²) < 4.78 is 10.7. The standard InChI is InChI=1S/C28H31N3O2.C28H29N3O.C5H7ClO.2CH4/c1-28(2,3)33-27(32)31-16-23(21-14-29-25-12-5-4-10-19(21)25)24(17-31)22-15-30-13-7-9-18-8-6-11-20(22)26(18)30;32-28(19-7-3-8-19)31-16-24(22-14-29-26-12-2-1-10-20(22)26)25(17-31)23-15-30-13-5-9-18-6-4-11-21(23)27(18)30;6-5(7)4-2-1-3-4;;/h4-6,8,10-12,14-15,23-24,29H,7,9,13,16-17H2,1-3H3;1-2,4,6,10-12,14-15,19,24-25,29H,3,5,7-9,13,16-17H2;4H,1-3H2;2*1H4/t23-,24-;24-,25-;;;/m00.../s1. The van der Waals surface area contributed by atoms with Crippen LogP contribution >= 0.6 is 11.6 Å². The van der Waals surface area contributed by atoms with Crippen molar-refractivity contribution in [2.24, 2.45) is 11.8 Å². The monoisotopic (exact) mass is 1010 g/mol. The van der Waals surface area contributed by atoms with Gasteiger partial charge in [-0.05, 0) is 129 Å². The number of aryl methyl sites for hydroxylation is 4. The van der Waals surface area contributed by atoms with Crippen molar-refractivity contribution in [1.82, 2.24) is 28.9 Å². The van der Waals surface area contributed by atoms with Crippen LogP contribution in [-0.2, 0) is 40.3 Å². The third-order valence-corrected chi connectivity index (χ3v) is 17.3. The number of fused-ring (bicyclic) bond motifs is 2. The van der Waals surface area contributed by atoms with Crippen LogP contribution in [0, 0.1) is 11.8 Å². The fourth-order valence-corrected chi connectivity index (χ4v) is 13.2. The molecule has 0 bridgehead atoms. The summed E-state index contributed by atoms with van der Waals surface area (Å²) in [5.74, 6) is 1.92. The van der Waals surface area contributed by atoms with Gasteiger partial charge in [-0.3, -0.25) is 9.59 Å². The van der Waals surface area contributed by atoms with Crippen LogP contribution in [0.3, 0.4) is 0 Å². The second kappa shape index (κ2) is 20.8. The fourth-order valence-electron chi connectivity index (χ4n) is 13.0. The normalized spacial score (nSPS) is 21.2. The lowest BCUT2D eigenvalue weighted by molar-refractivity contribution is -0.137. The van der Waals surface area contributed by atoms with Gasteiger partial charge in [-0.25, -0.2) is 4.79 Å². The Balaban J connectivity index is 0.000000146. The molecule has 2 saturated carbocycles. The molecule has 11 heteroatoms. The summed E-state index contributed by atoms with van der Waals surface area (Å²) in [5.41, 5.74) is 13.0. The first kappa shape index (κ1) is 51.2. The van der Waals surface area contributed by atoms with Crippen LogP contribution < -0.4 is 0 Å². The summed E-state index contributed by atoms with van der Waals surface area (Å²) in [6.07, 6.45) is 20.2. The van der Waals surface area contributed by atoms with E-state index in [9.17, 15) is 14.4 Å². The Morgan fingerprint density at radius 1 is 0.541 bits per heavy atom. The number of para-hydroxylation sites is 4. The molecule has 4 fully saturated rings. The molecule has 0 radical (unpaired) electrons. The van der Waals surface area contributed by atoms with E-state index >= 15 is 0 Å². The number of benzene rings is 4. The van der Waals surface area contributed by atoms with E-state index in [0.29, 0.717) is 30.8 Å². The Labute approximate surface area is 441 Å². The molecule has 8 aromatic rings. The summed E-state index contributed by atoms with van der Waals surface area (Å²) >= 11 is 5.14. The van der Waals surface area contributed by atoms with Gasteiger partial charge in [-0.1, -0.05) is 100 Å². The topological polar surface area (TPSA) is 108 Å². The number of carbonyl (C=O) groups is 3. The van der Waals surface area contributed by atoms with Crippen LogP contribution in [-0.4, -0.2) is 77.9 Å². The molecule has 2 saturated heterocycles. The molecular weight excluding hydrogens is 940 g/mol. The maximum Gasteiger partial charge on any atom is 0.410 e. The lowest BCUT2D eigenvalue weighted by Gasteiger charge is -2.29. The van der Waals surface area contributed by atoms with E-state index in [-0.39, 0.29) is 49.9 Å². The molecule has 6 aliphatic rings. The number of nitrogens with one attached hydrogen (secondary N) is 2. The molecule has 388 valence electrons. The first-order valence-electron chi connectivity index (χ1n) is 26.8. The quantitative estimate of drug-likeness (QED) is 0.162. The van der Waals surface area contributed by atoms with Crippen LogP contribution in [0.15, 0.2) is 110 Å². The van der Waals surface area contributed by atoms with Gasteiger partial charge in [0.05, 0.1) is 11.0 Å². The zero-order valence-corrected chi connectivity index (χ0v) is 42.7. The molecule has 74 heavy (non-hydrogen) atoms. The largest absolute Gasteiger partial charge is 0.444 e. The second-order valence-electron chi connectivity index (χ2n) is 22.6. The van der Waals surface area contributed by atoms with Crippen molar-refractivity contribution in [2.45, 2.75) is 142 Å². The highest BCUT2D eigenvalue weighted by molar-refractivity contribution is 6.64. The minimum Gasteiger partial charge on any atom is -0.444 e. The number of nitrogens with zero attached hydrogens (tertiary/aromatic N) is 4. The zero-order chi connectivity index (χ0) is 49.3. The molecule has 4 aromatic carbocycles. The average Bonchev–Trinajstić information content (AvgIpc) is 4.20. The van der Waals surface area contributed by atoms with Gasteiger partial charge in [-0.2, -0.15) is 0 Å². The smallest absolute Gasteiger partial charge is 0.410 e. The highest BCUT2D eigenvalue weighted by atomic mass is 35.5. The fraction of sp³-hybridized carbons (Fsp3) is 0.444. The SMILES string of the molecule is C.C.CC(C)(C)OC(=O)N1C[C@@H](c2c[nH]c3ccccc23)[C@H](c2cn3c4c(cccc24)CCC3)C1.O=C(C1CCC1)N1C[C@@H](c2c[nH]c3ccccc23)[C@H](c2cn3c4c(cccc24)CCC3)C1.O=C(Cl)C1CCC1. The summed E-state index contributed by atoms with van der Waals surface area (Å²) in [7, 11) is 0. The highest BCUT2D eigenvalue weighted by Gasteiger charge is 2.43. The van der Waals surface area contributed by atoms with Crippen molar-refractivity contribution in [3.05, 3.63) is 143 Å². The number of hydrogen-bond acceptors (Lipinski definition) is 4. The van der Waals surface area contributed by atoms with Gasteiger partial charge in [0.25, 0.3) is 0 Å². The summed E-state index contributed by atoms with van der Waals surface area (Å²) in [6.45, 7) is 10.9. The third-order valence-electron chi connectivity index (χ3n) is 17.0. The maximum absolute atomic E-state index is 13.3. The van der Waals surface area contributed by atoms with Gasteiger partial charge in [0.15, 0.2) is 0 Å². The number of hydrogen-bond donors (Lipinski definition) is 2. The van der Waals surface area contributed by atoms with E-state index in [1.54, 1.807) is 0 Å². The zero-order valence-electron chi connectivity index (χ0n) is 42.0. The molecule has 2 aliphatic carbocycles. The number of likely N-dealkylation sites (tertiary alicyclic amines) is 2. The van der Waals surface area contributed by atoms with Gasteiger partial charge >= 0.3 is 6.09 Å². The van der Waals surface area contributed by atoms with Crippen molar-refractivity contribution in [2.75, 3.05) is 26.2 Å². The van der Waals surface area contributed by atoms with Crippen molar-refractivity contribution >= 4 is 72.5 Å². The molecule has 0 unspecified atom stereocenters. The second-order valence-corrected chi connectivity index (χ2v) is 23.0. The average molecular weight is 1020 g/mol. The van der Waals surface area contributed by atoms with E-state index in [1.165, 1.54) is 104 Å². The van der Waals surface area contributed by atoms with Gasteiger partial charge in [0, 0.05) is 132 Å². The summed E-state index contributed by atoms with van der Waals surface area (Å²) in [6, 6.07) is 30.6. The van der Waals surface area contributed by atoms with Crippen LogP contribution in [0.4, 0.5) is 4.79 Å². The molecular formula is C63H75ClN6O4. The van der Waals surface area contributed by atoms with Crippen LogP contribution in [0.2, 0.25) is 0 Å². The number of ether oxygens (including phenoxy) is 1. The Hall–Kier alpha value is -6.26. The van der Waals surface area contributed by atoms with Crippen LogP contribution in [0.1, 0.15) is 144 Å². The highest BCUT2D eigenvalue weighted by Crippen LogP contribution is 2.48. The van der Waals surface area contributed by atoms with E-state index in [1.807, 2.05) is 25.7 Å². The Morgan fingerprint density at radius 2 is 0.973 bits per heavy atom. The van der Waals surface area contributed by atoms with E-state index in [4.69, 9.17) is 16.3 Å². The predicted octanol–water partition coefficient (Wildman–Crippen LogP) is 14.6. The summed E-state index contributed by atoms with van der Waals surface area (Å²) in [4.78, 5) is 47.6. The molecule has 2 amide bonds. The number of carbonyl (C=O) groups excluding carboxylic acids is 3. The number of H-pyrrole nitrogens is 2. The Morgan fingerprint density at radius 3 is 1.39 bits per heavy atom. The number of halogens is 1. The van der Waals surface area contributed by atoms with Crippen molar-refractivity contribution in [3.8, 4) is 0 Å². The number of amides is 2. The number of aromatic nitrogens is 4. The molecule has 14 rings (SSSR count). The molecule has 0 spiro atoms. The maximum atomic E-state index is 13.3. The molecule has 4 aliphatic heterocycles. The molecule has 8 heterocycles. The molecule has 4 atom stereocenters. The van der Waals surface area contributed by atoms with E-state index < -0.39 is 5.60 Å². The molecule has 10 nitrogen and oxygen atoms in total. The lowest BCUT2D eigenvalue weighted by Crippen LogP contribution is -2.37. The Kier molecular flexibility index (Phi) is 14.4. The Bertz CT molecular complexity index is 3340. The molecule has 4 aromatic heterocycles. The van der Waals surface area contributed by atoms with Gasteiger partial charge < -0.3 is 33.6 Å². The van der Waals surface area contributed by atoms with Crippen LogP contribution in [0.25, 0.3) is 43.6 Å². The van der Waals surface area contributed by atoms with Crippen LogP contribution in [0.5, 0.6) is 0 Å². The summed E-state index contributed by atoms with van der Waals surface area (Å²) in [5, 5.41) is 5.13. The first-order chi connectivity index (χ1) is 35.0. The van der Waals surface area contributed by atoms with Crippen molar-refractivity contribution < 1.29 is 19.1 Å². The number of aromatic amines is 2. The number of rotatable bonds is 6. The lowest BCUT2D eigenvalue weighted by atomic mass is 9.83. The minimum atomic E-state index is -0.505. The molecule has 2 N–H and O–H groups in total. The van der Waals surface area contributed by atoms with Crippen molar-refractivity contribution in [3.63, 3.8) is 0 Å². The van der Waals surface area contributed by atoms with Crippen molar-refractivity contribution in [1.29, 1.82) is 0 Å². The van der Waals surface area contributed by atoms with E-state index in [2.05, 4.69) is 134 Å².